The zero-order chi connectivity index (χ0) is 74.6. The Hall–Kier alpha value is -2.51. The number of rotatable bonds is 67. The number of amides is 1. The van der Waals surface area contributed by atoms with E-state index in [4.69, 9.17) is 28.4 Å². The molecule has 0 aliphatic carbocycles. The van der Waals surface area contributed by atoms with Crippen LogP contribution in [0.2, 0.25) is 0 Å². The largest absolute Gasteiger partial charge is 0.394 e. The van der Waals surface area contributed by atoms with E-state index < -0.39 is 124 Å². The smallest absolute Gasteiger partial charge is 0.220 e. The van der Waals surface area contributed by atoms with E-state index in [2.05, 4.69) is 67.8 Å². The van der Waals surface area contributed by atoms with Gasteiger partial charge in [-0.25, -0.2) is 0 Å². The topological polar surface area (TPSA) is 307 Å². The van der Waals surface area contributed by atoms with Crippen LogP contribution in [0.3, 0.4) is 0 Å². The van der Waals surface area contributed by atoms with Gasteiger partial charge < -0.3 is 89.9 Å². The Kier molecular flexibility index (Phi) is 59.1. The van der Waals surface area contributed by atoms with Gasteiger partial charge in [-0.2, -0.15) is 0 Å². The summed E-state index contributed by atoms with van der Waals surface area (Å²) in [7, 11) is 0. The summed E-state index contributed by atoms with van der Waals surface area (Å²) in [6.45, 7) is 1.67. The van der Waals surface area contributed by atoms with Crippen LogP contribution in [0.1, 0.15) is 335 Å². The third-order valence-electron chi connectivity index (χ3n) is 20.8. The highest BCUT2D eigenvalue weighted by molar-refractivity contribution is 5.76. The van der Waals surface area contributed by atoms with Gasteiger partial charge in [-0.1, -0.05) is 331 Å². The van der Waals surface area contributed by atoms with Crippen molar-refractivity contribution in [2.24, 2.45) is 0 Å². The Morgan fingerprint density at radius 1 is 0.359 bits per heavy atom. The van der Waals surface area contributed by atoms with Gasteiger partial charge in [-0.15, -0.1) is 0 Å². The normalized spacial score (nSPS) is 26.3. The van der Waals surface area contributed by atoms with Crippen LogP contribution in [0.5, 0.6) is 0 Å². The number of unbranched alkanes of at least 4 members (excludes halogenated alkanes) is 43. The molecule has 0 spiro atoms. The maximum Gasteiger partial charge on any atom is 0.220 e. The third kappa shape index (κ3) is 44.1. The van der Waals surface area contributed by atoms with Crippen molar-refractivity contribution >= 4 is 5.91 Å². The second-order valence-corrected chi connectivity index (χ2v) is 29.9. The number of carbonyl (C=O) groups is 1. The lowest BCUT2D eigenvalue weighted by molar-refractivity contribution is -0.379. The van der Waals surface area contributed by atoms with Gasteiger partial charge in [0.05, 0.1) is 38.6 Å². The number of carbonyl (C=O) groups excluding carboxylic acids is 1. The summed E-state index contributed by atoms with van der Waals surface area (Å²) in [6, 6.07) is -0.975. The van der Waals surface area contributed by atoms with Crippen LogP contribution in [0, 0.1) is 0 Å². The number of ether oxygens (including phenoxy) is 6. The lowest BCUT2D eigenvalue weighted by atomic mass is 9.96. The first kappa shape index (κ1) is 94.7. The molecule has 3 heterocycles. The summed E-state index contributed by atoms with van der Waals surface area (Å²) in [5.41, 5.74) is 0. The fraction of sp³-hybridized carbons (Fsp3) is 0.869. The van der Waals surface area contributed by atoms with Crippen LogP contribution in [0.25, 0.3) is 0 Å². The van der Waals surface area contributed by atoms with Gasteiger partial charge in [0.1, 0.15) is 73.2 Å². The molecule has 3 saturated heterocycles. The van der Waals surface area contributed by atoms with E-state index in [1.165, 1.54) is 238 Å². The zero-order valence-electron chi connectivity index (χ0n) is 64.5. The molecule has 17 atom stereocenters. The van der Waals surface area contributed by atoms with E-state index in [9.17, 15) is 61.0 Å². The van der Waals surface area contributed by atoms with Crippen molar-refractivity contribution in [3.63, 3.8) is 0 Å². The Morgan fingerprint density at radius 2 is 0.670 bits per heavy atom. The Balaban J connectivity index is 1.35. The van der Waals surface area contributed by atoms with Crippen LogP contribution in [-0.4, -0.2) is 193 Å². The molecule has 17 unspecified atom stereocenters. The van der Waals surface area contributed by atoms with E-state index in [0.717, 1.165) is 70.6 Å². The van der Waals surface area contributed by atoms with Gasteiger partial charge in [0.25, 0.3) is 0 Å². The molecule has 1 amide bonds. The van der Waals surface area contributed by atoms with Gasteiger partial charge in [0.15, 0.2) is 18.9 Å². The van der Waals surface area contributed by atoms with Crippen molar-refractivity contribution in [3.8, 4) is 0 Å². The Morgan fingerprint density at radius 3 is 1.05 bits per heavy atom. The third-order valence-corrected chi connectivity index (χ3v) is 20.8. The van der Waals surface area contributed by atoms with Gasteiger partial charge in [0, 0.05) is 6.42 Å². The lowest BCUT2D eigenvalue weighted by Gasteiger charge is -2.48. The summed E-state index contributed by atoms with van der Waals surface area (Å²) in [4.78, 5) is 13.5. The highest BCUT2D eigenvalue weighted by Gasteiger charge is 2.54. The van der Waals surface area contributed by atoms with E-state index in [-0.39, 0.29) is 18.9 Å². The van der Waals surface area contributed by atoms with Crippen molar-refractivity contribution < 1.29 is 89.4 Å². The Bertz CT molecular complexity index is 2090. The number of allylic oxidation sites excluding steroid dienone is 9. The van der Waals surface area contributed by atoms with Crippen molar-refractivity contribution in [1.82, 2.24) is 5.32 Å². The Labute approximate surface area is 624 Å². The molecular weight excluding hydrogens is 1310 g/mol. The molecule has 0 bridgehead atoms. The molecule has 3 aliphatic rings. The first-order valence-corrected chi connectivity index (χ1v) is 42.0. The number of aliphatic hydroxyl groups excluding tert-OH is 11. The molecule has 0 aromatic heterocycles. The van der Waals surface area contributed by atoms with Crippen molar-refractivity contribution in [1.29, 1.82) is 0 Å². The van der Waals surface area contributed by atoms with Gasteiger partial charge in [-0.3, -0.25) is 4.79 Å². The van der Waals surface area contributed by atoms with Crippen LogP contribution >= 0.6 is 0 Å². The van der Waals surface area contributed by atoms with Crippen molar-refractivity contribution in [3.05, 3.63) is 60.8 Å². The molecule has 103 heavy (non-hydrogen) atoms. The summed E-state index contributed by atoms with van der Waals surface area (Å²) in [5.74, 6) is -0.270. The molecule has 19 nitrogen and oxygen atoms in total. The summed E-state index contributed by atoms with van der Waals surface area (Å²) in [6.07, 6.45) is 56.4. The summed E-state index contributed by atoms with van der Waals surface area (Å²) in [5, 5.41) is 121. The highest BCUT2D eigenvalue weighted by Crippen LogP contribution is 2.33. The van der Waals surface area contributed by atoms with Crippen molar-refractivity contribution in [2.75, 3.05) is 26.4 Å². The molecule has 602 valence electrons. The highest BCUT2D eigenvalue weighted by atomic mass is 16.8. The van der Waals surface area contributed by atoms with Crippen LogP contribution < -0.4 is 5.32 Å². The molecular formula is C84H153NO18. The minimum Gasteiger partial charge on any atom is -0.394 e. The van der Waals surface area contributed by atoms with Gasteiger partial charge >= 0.3 is 0 Å². The quantitative estimate of drug-likeness (QED) is 0.0199. The number of nitrogens with one attached hydrogen (secondary N) is 1. The number of hydrogen-bond acceptors (Lipinski definition) is 18. The lowest BCUT2D eigenvalue weighted by Crippen LogP contribution is -2.66. The number of hydrogen-bond donors (Lipinski definition) is 12. The van der Waals surface area contributed by atoms with Crippen LogP contribution in [0.4, 0.5) is 0 Å². The molecule has 0 aromatic rings. The average molecular weight is 1470 g/mol. The second kappa shape index (κ2) is 64.3. The molecule has 3 rings (SSSR count). The fourth-order valence-corrected chi connectivity index (χ4v) is 14.1. The SMILES string of the molecule is CC/C=C\C/C=C\C/C=C\C/C=C\CCCCCCCCCCCCCCCCCCCCCCC(=O)NC(COC1OC(CO)C(OC2OC(CO)C(OC3OC(CO)C(O)C(O)C3O)C(O)C2O)C(O)C1O)C(O)/C=C/CCCCCCCCCCCCCCCCCCCCCCCCC. The summed E-state index contributed by atoms with van der Waals surface area (Å²) < 4.78 is 34.5. The van der Waals surface area contributed by atoms with Gasteiger partial charge in [-0.05, 0) is 57.8 Å². The maximum atomic E-state index is 13.5. The molecule has 0 saturated carbocycles. The number of aliphatic hydroxyl groups is 11. The summed E-state index contributed by atoms with van der Waals surface area (Å²) >= 11 is 0. The standard InChI is InChI=1S/C84H153NO18/c1-3-5-7-9-11-13-15-17-19-21-23-25-27-29-30-31-32-33-34-35-36-38-40-42-44-46-48-50-52-54-56-58-60-62-72(90)85-67(68(89)61-59-57-55-53-51-49-47-45-43-41-39-37-28-26-24-22-20-18-16-14-12-10-8-6-4-2)66-98-82-78(96)75(93)80(70(64-87)100-82)103-84-79(97)76(94)81(71(65-88)101-84)102-83-77(95)74(92)73(91)69(63-86)99-83/h5,7,11,13,17,19,23,25,59,61,67-71,73-84,86-89,91-97H,3-4,6,8-10,12,14-16,18,20-22,24,26-58,60,62-66H2,1-2H3,(H,85,90)/b7-5-,13-11-,19-17-,25-23-,61-59+. The minimum absolute atomic E-state index is 0.245. The molecule has 12 N–H and O–H groups in total. The van der Waals surface area contributed by atoms with Gasteiger partial charge in [0.2, 0.25) is 5.91 Å². The van der Waals surface area contributed by atoms with E-state index >= 15 is 0 Å². The molecule has 3 fully saturated rings. The molecule has 0 radical (unpaired) electrons. The zero-order valence-corrected chi connectivity index (χ0v) is 64.5. The van der Waals surface area contributed by atoms with E-state index in [0.29, 0.717) is 6.42 Å². The second-order valence-electron chi connectivity index (χ2n) is 29.9. The van der Waals surface area contributed by atoms with Crippen molar-refractivity contribution in [2.45, 2.75) is 439 Å². The van der Waals surface area contributed by atoms with Crippen LogP contribution in [0.15, 0.2) is 60.8 Å². The predicted octanol–water partition coefficient (Wildman–Crippen LogP) is 14.6. The van der Waals surface area contributed by atoms with E-state index in [1.54, 1.807) is 6.08 Å². The monoisotopic (exact) mass is 1460 g/mol. The maximum absolute atomic E-state index is 13.5. The average Bonchev–Trinajstić information content (AvgIpc) is 0.781. The molecule has 0 aromatic carbocycles. The first-order valence-electron chi connectivity index (χ1n) is 42.0. The predicted molar refractivity (Wildman–Crippen MR) is 411 cm³/mol. The molecule has 19 heteroatoms. The fourth-order valence-electron chi connectivity index (χ4n) is 14.1. The first-order chi connectivity index (χ1) is 50.3. The van der Waals surface area contributed by atoms with E-state index in [1.807, 2.05) is 6.08 Å². The van der Waals surface area contributed by atoms with Crippen LogP contribution in [-0.2, 0) is 33.2 Å². The molecule has 3 aliphatic heterocycles. The minimum atomic E-state index is -1.98.